The fourth-order valence-corrected chi connectivity index (χ4v) is 4.12. The third-order valence-electron chi connectivity index (χ3n) is 5.75. The zero-order chi connectivity index (χ0) is 24.6. The molecule has 1 aromatic heterocycles. The zero-order valence-corrected chi connectivity index (χ0v) is 18.9. The van der Waals surface area contributed by atoms with Gasteiger partial charge in [-0.3, -0.25) is 4.98 Å². The normalized spacial score (nSPS) is 15.8. The summed E-state index contributed by atoms with van der Waals surface area (Å²) in [4.78, 5) is 17.3. The number of nitrogens with one attached hydrogen (secondary N) is 1. The number of halogens is 4. The van der Waals surface area contributed by atoms with E-state index in [1.54, 1.807) is 36.5 Å². The molecule has 1 unspecified atom stereocenters. The molecule has 0 saturated heterocycles. The monoisotopic (exact) mass is 494 g/mol. The topological polar surface area (TPSA) is 57.6 Å². The molecule has 2 heterocycles. The second-order valence-corrected chi connectivity index (χ2v) is 8.53. The molecule has 0 saturated carbocycles. The number of aromatic nitrogens is 1. The molecule has 0 fully saturated rings. The van der Waals surface area contributed by atoms with Gasteiger partial charge in [-0.15, -0.1) is 0 Å². The van der Waals surface area contributed by atoms with Crippen LogP contribution in [0, 0.1) is 0 Å². The Hall–Kier alpha value is -3.91. The molecule has 35 heavy (non-hydrogen) atoms. The zero-order valence-electron chi connectivity index (χ0n) is 18.1. The van der Waals surface area contributed by atoms with Crippen LogP contribution in [0.1, 0.15) is 22.6 Å². The number of nitrogens with zero attached hydrogens (tertiary/aromatic N) is 3. The molecule has 0 spiro atoms. The molecule has 2 amide bonds. The van der Waals surface area contributed by atoms with Crippen molar-refractivity contribution in [2.75, 3.05) is 11.9 Å². The molecule has 1 atom stereocenters. The third-order valence-corrected chi connectivity index (χ3v) is 6.00. The number of hydrazone groups is 1. The van der Waals surface area contributed by atoms with Crippen LogP contribution in [-0.4, -0.2) is 28.3 Å². The Bertz CT molecular complexity index is 1420. The average Bonchev–Trinajstić information content (AvgIpc) is 3.30. The number of pyridine rings is 1. The number of alkyl halides is 3. The smallest absolute Gasteiger partial charge is 0.306 e. The van der Waals surface area contributed by atoms with E-state index in [0.717, 1.165) is 17.7 Å². The van der Waals surface area contributed by atoms with E-state index in [2.05, 4.69) is 15.4 Å². The van der Waals surface area contributed by atoms with Gasteiger partial charge in [-0.1, -0.05) is 41.9 Å². The minimum absolute atomic E-state index is 0.204. The lowest BCUT2D eigenvalue weighted by Crippen LogP contribution is -2.30. The summed E-state index contributed by atoms with van der Waals surface area (Å²) in [6.07, 6.45) is -2.83. The number of fused-ring (bicyclic) bond motifs is 1. The van der Waals surface area contributed by atoms with Crippen molar-refractivity contribution in [2.24, 2.45) is 5.10 Å². The van der Waals surface area contributed by atoms with Crippen LogP contribution in [0.15, 0.2) is 90.2 Å². The molecule has 0 bridgehead atoms. The minimum Gasteiger partial charge on any atom is -0.306 e. The predicted molar refractivity (Wildman–Crippen MR) is 130 cm³/mol. The molecule has 5 nitrogen and oxygen atoms in total. The van der Waals surface area contributed by atoms with Crippen LogP contribution in [0.5, 0.6) is 0 Å². The Labute approximate surface area is 203 Å². The summed E-state index contributed by atoms with van der Waals surface area (Å²) in [5, 5.41) is 9.59. The lowest BCUT2D eigenvalue weighted by Gasteiger charge is -2.16. The van der Waals surface area contributed by atoms with Gasteiger partial charge in [0.15, 0.2) is 0 Å². The van der Waals surface area contributed by atoms with Gasteiger partial charge in [0.05, 0.1) is 29.3 Å². The summed E-state index contributed by atoms with van der Waals surface area (Å²) >= 11 is 5.91. The number of amides is 2. The molecule has 0 radical (unpaired) electrons. The molecular weight excluding hydrogens is 477 g/mol. The quantitative estimate of drug-likeness (QED) is 0.335. The summed E-state index contributed by atoms with van der Waals surface area (Å²) < 4.78 is 39.7. The maximum Gasteiger partial charge on any atom is 0.416 e. The molecule has 1 N–H and O–H groups in total. The first kappa shape index (κ1) is 22.9. The predicted octanol–water partition coefficient (Wildman–Crippen LogP) is 6.94. The van der Waals surface area contributed by atoms with Crippen LogP contribution >= 0.6 is 11.6 Å². The van der Waals surface area contributed by atoms with Gasteiger partial charge in [0.1, 0.15) is 0 Å². The van der Waals surface area contributed by atoms with Crippen molar-refractivity contribution in [3.63, 3.8) is 0 Å². The summed E-state index contributed by atoms with van der Waals surface area (Å²) in [7, 11) is 0. The molecule has 1 aliphatic rings. The summed E-state index contributed by atoms with van der Waals surface area (Å²) in [6.45, 7) is 0.204. The Balaban J connectivity index is 1.49. The van der Waals surface area contributed by atoms with Crippen LogP contribution in [0.2, 0.25) is 5.02 Å². The minimum atomic E-state index is -4.45. The lowest BCUT2D eigenvalue weighted by atomic mass is 9.91. The summed E-state index contributed by atoms with van der Waals surface area (Å²) in [6, 6.07) is 20.8. The second-order valence-electron chi connectivity index (χ2n) is 8.10. The van der Waals surface area contributed by atoms with Crippen LogP contribution in [-0.2, 0) is 6.18 Å². The standard InChI is InChI=1S/C26H18ClF3N4O/c27-20-7-9-21(10-8-20)32-25(35)34-15-22(24(33-34)16-4-2-1-3-5-16)18-12-17-13-19(26(28,29)30)6-11-23(17)31-14-18/h1-14,22H,15H2,(H,32,35). The number of hydrogen-bond donors (Lipinski definition) is 1. The van der Waals surface area contributed by atoms with E-state index in [9.17, 15) is 18.0 Å². The van der Waals surface area contributed by atoms with E-state index >= 15 is 0 Å². The number of carbonyl (C=O) groups is 1. The third kappa shape index (κ3) is 4.83. The maximum atomic E-state index is 13.2. The number of benzene rings is 3. The van der Waals surface area contributed by atoms with E-state index in [1.165, 1.54) is 11.1 Å². The Morgan fingerprint density at radius 2 is 1.74 bits per heavy atom. The first-order chi connectivity index (χ1) is 16.8. The Morgan fingerprint density at radius 1 is 1.00 bits per heavy atom. The number of anilines is 1. The van der Waals surface area contributed by atoms with Crippen molar-refractivity contribution in [3.05, 3.63) is 107 Å². The van der Waals surface area contributed by atoms with Crippen LogP contribution < -0.4 is 5.32 Å². The van der Waals surface area contributed by atoms with Gasteiger partial charge in [0.2, 0.25) is 0 Å². The van der Waals surface area contributed by atoms with Gasteiger partial charge < -0.3 is 5.32 Å². The van der Waals surface area contributed by atoms with Crippen LogP contribution in [0.3, 0.4) is 0 Å². The highest BCUT2D eigenvalue weighted by Gasteiger charge is 2.33. The van der Waals surface area contributed by atoms with Crippen molar-refractivity contribution in [1.29, 1.82) is 0 Å². The first-order valence-corrected chi connectivity index (χ1v) is 11.1. The first-order valence-electron chi connectivity index (χ1n) is 10.7. The molecule has 3 aromatic carbocycles. The van der Waals surface area contributed by atoms with Crippen molar-refractivity contribution >= 4 is 39.9 Å². The van der Waals surface area contributed by atoms with Crippen LogP contribution in [0.4, 0.5) is 23.7 Å². The molecular formula is C26H18ClF3N4O. The number of carbonyl (C=O) groups excluding carboxylic acids is 1. The van der Waals surface area contributed by atoms with Crippen molar-refractivity contribution in [3.8, 4) is 0 Å². The van der Waals surface area contributed by atoms with Gasteiger partial charge in [-0.05, 0) is 59.7 Å². The molecule has 1 aliphatic heterocycles. The lowest BCUT2D eigenvalue weighted by molar-refractivity contribution is -0.137. The summed E-state index contributed by atoms with van der Waals surface area (Å²) in [5.74, 6) is -0.375. The Kier molecular flexibility index (Phi) is 5.90. The molecule has 5 rings (SSSR count). The van der Waals surface area contributed by atoms with Gasteiger partial charge in [0.25, 0.3) is 0 Å². The van der Waals surface area contributed by atoms with Gasteiger partial charge in [0, 0.05) is 22.3 Å². The van der Waals surface area contributed by atoms with E-state index in [1.807, 2.05) is 30.3 Å². The summed E-state index contributed by atoms with van der Waals surface area (Å²) in [5.41, 5.74) is 2.38. The van der Waals surface area contributed by atoms with E-state index in [4.69, 9.17) is 11.6 Å². The number of urea groups is 1. The molecule has 176 valence electrons. The highest BCUT2D eigenvalue weighted by molar-refractivity contribution is 6.30. The van der Waals surface area contributed by atoms with Gasteiger partial charge in [-0.2, -0.15) is 18.3 Å². The second kappa shape index (κ2) is 9.03. The van der Waals surface area contributed by atoms with E-state index in [0.29, 0.717) is 32.9 Å². The average molecular weight is 495 g/mol. The number of rotatable bonds is 3. The largest absolute Gasteiger partial charge is 0.416 e. The maximum absolute atomic E-state index is 13.2. The number of hydrogen-bond acceptors (Lipinski definition) is 3. The van der Waals surface area contributed by atoms with Gasteiger partial charge >= 0.3 is 12.2 Å². The van der Waals surface area contributed by atoms with Gasteiger partial charge in [-0.25, -0.2) is 9.80 Å². The molecule has 9 heteroatoms. The van der Waals surface area contributed by atoms with Crippen molar-refractivity contribution in [1.82, 2.24) is 9.99 Å². The van der Waals surface area contributed by atoms with Crippen LogP contribution in [0.25, 0.3) is 10.9 Å². The fourth-order valence-electron chi connectivity index (χ4n) is 4.00. The van der Waals surface area contributed by atoms with E-state index < -0.39 is 17.8 Å². The van der Waals surface area contributed by atoms with E-state index in [-0.39, 0.29) is 12.5 Å². The van der Waals surface area contributed by atoms with Crippen molar-refractivity contribution in [2.45, 2.75) is 12.1 Å². The Morgan fingerprint density at radius 3 is 2.46 bits per heavy atom. The fraction of sp³-hybridized carbons (Fsp3) is 0.115. The molecule has 0 aliphatic carbocycles. The molecule has 4 aromatic rings. The highest BCUT2D eigenvalue weighted by Crippen LogP contribution is 2.34. The van der Waals surface area contributed by atoms with Crippen molar-refractivity contribution < 1.29 is 18.0 Å². The highest BCUT2D eigenvalue weighted by atomic mass is 35.5. The SMILES string of the molecule is O=C(Nc1ccc(Cl)cc1)N1CC(c2cnc3ccc(C(F)(F)F)cc3c2)C(c2ccccc2)=N1.